The number of carbonyl (C=O) groups is 1. The summed E-state index contributed by atoms with van der Waals surface area (Å²) in [6, 6.07) is 6.46. The van der Waals surface area contributed by atoms with Crippen molar-refractivity contribution in [1.29, 1.82) is 0 Å². The Morgan fingerprint density at radius 2 is 2.12 bits per heavy atom. The van der Waals surface area contributed by atoms with Crippen molar-refractivity contribution >= 4 is 21.8 Å². The summed E-state index contributed by atoms with van der Waals surface area (Å²) in [5.74, 6) is 0.102. The fourth-order valence-corrected chi connectivity index (χ4v) is 2.31. The van der Waals surface area contributed by atoms with Gasteiger partial charge >= 0.3 is 0 Å². The van der Waals surface area contributed by atoms with Crippen LogP contribution in [-0.2, 0) is 11.2 Å². The van der Waals surface area contributed by atoms with Crippen LogP contribution >= 0.6 is 15.9 Å². The summed E-state index contributed by atoms with van der Waals surface area (Å²) < 4.78 is 0. The largest absolute Gasteiger partial charge is 0.352 e. The molecule has 1 atom stereocenters. The Kier molecular flexibility index (Phi) is 5.69. The van der Waals surface area contributed by atoms with E-state index in [9.17, 15) is 4.79 Å². The summed E-state index contributed by atoms with van der Waals surface area (Å²) in [6.45, 7) is 6.17. The lowest BCUT2D eigenvalue weighted by Crippen LogP contribution is -2.36. The minimum Gasteiger partial charge on any atom is -0.352 e. The molecule has 3 heteroatoms. The maximum Gasteiger partial charge on any atom is 0.224 e. The fraction of sp³-hybridized carbons (Fsp3) is 0.500. The highest BCUT2D eigenvalue weighted by molar-refractivity contribution is 9.09. The second kappa shape index (κ2) is 6.80. The molecule has 94 valence electrons. The third-order valence-corrected chi connectivity index (χ3v) is 3.68. The second-order valence-corrected chi connectivity index (χ2v) is 5.08. The van der Waals surface area contributed by atoms with Crippen LogP contribution in [0.25, 0.3) is 0 Å². The third-order valence-electron chi connectivity index (χ3n) is 2.90. The molecule has 1 aromatic carbocycles. The lowest BCUT2D eigenvalue weighted by atomic mass is 10.0. The summed E-state index contributed by atoms with van der Waals surface area (Å²) in [4.78, 5) is 11.9. The highest BCUT2D eigenvalue weighted by atomic mass is 79.9. The zero-order valence-corrected chi connectivity index (χ0v) is 12.3. The van der Waals surface area contributed by atoms with E-state index in [4.69, 9.17) is 0 Å². The van der Waals surface area contributed by atoms with Crippen LogP contribution in [0.4, 0.5) is 0 Å². The smallest absolute Gasteiger partial charge is 0.224 e. The molecule has 0 radical (unpaired) electrons. The van der Waals surface area contributed by atoms with E-state index < -0.39 is 0 Å². The SMILES string of the molecule is CCC(CBr)NC(=O)Cc1cc(C)ccc1C. The summed E-state index contributed by atoms with van der Waals surface area (Å²) in [5.41, 5.74) is 3.50. The minimum absolute atomic E-state index is 0.102. The third kappa shape index (κ3) is 4.50. The van der Waals surface area contributed by atoms with Crippen LogP contribution in [0, 0.1) is 13.8 Å². The lowest BCUT2D eigenvalue weighted by molar-refractivity contribution is -0.121. The monoisotopic (exact) mass is 297 g/mol. The van der Waals surface area contributed by atoms with Crippen molar-refractivity contribution in [1.82, 2.24) is 5.32 Å². The van der Waals surface area contributed by atoms with Gasteiger partial charge in [0, 0.05) is 11.4 Å². The maximum absolute atomic E-state index is 11.9. The van der Waals surface area contributed by atoms with Crippen LogP contribution in [0.1, 0.15) is 30.0 Å². The van der Waals surface area contributed by atoms with Gasteiger partial charge in [-0.1, -0.05) is 46.6 Å². The number of carbonyl (C=O) groups excluding carboxylic acids is 1. The van der Waals surface area contributed by atoms with E-state index in [1.807, 2.05) is 13.8 Å². The Balaban J connectivity index is 2.64. The molecule has 1 amide bonds. The molecule has 1 unspecified atom stereocenters. The van der Waals surface area contributed by atoms with Gasteiger partial charge in [0.1, 0.15) is 0 Å². The number of hydrogen-bond donors (Lipinski definition) is 1. The predicted molar refractivity (Wildman–Crippen MR) is 75.6 cm³/mol. The normalized spacial score (nSPS) is 12.2. The summed E-state index contributed by atoms with van der Waals surface area (Å²) in [7, 11) is 0. The second-order valence-electron chi connectivity index (χ2n) is 4.43. The Labute approximate surface area is 112 Å². The first-order valence-corrected chi connectivity index (χ1v) is 7.10. The van der Waals surface area contributed by atoms with Gasteiger partial charge in [-0.25, -0.2) is 0 Å². The fourth-order valence-electron chi connectivity index (χ4n) is 1.69. The van der Waals surface area contributed by atoms with Gasteiger partial charge in [0.25, 0.3) is 0 Å². The van der Waals surface area contributed by atoms with Crippen molar-refractivity contribution in [2.24, 2.45) is 0 Å². The molecule has 0 aliphatic carbocycles. The number of amides is 1. The Hall–Kier alpha value is -0.830. The van der Waals surface area contributed by atoms with Crippen molar-refractivity contribution in [2.75, 3.05) is 5.33 Å². The highest BCUT2D eigenvalue weighted by Crippen LogP contribution is 2.11. The molecular formula is C14H20BrNO. The lowest BCUT2D eigenvalue weighted by Gasteiger charge is -2.14. The molecule has 0 heterocycles. The quantitative estimate of drug-likeness (QED) is 0.831. The molecular weight excluding hydrogens is 278 g/mol. The van der Waals surface area contributed by atoms with E-state index in [0.29, 0.717) is 6.42 Å². The molecule has 0 spiro atoms. The molecule has 0 aliphatic heterocycles. The maximum atomic E-state index is 11.9. The van der Waals surface area contributed by atoms with Gasteiger partial charge in [0.05, 0.1) is 6.42 Å². The van der Waals surface area contributed by atoms with Crippen molar-refractivity contribution in [2.45, 2.75) is 39.7 Å². The number of rotatable bonds is 5. The van der Waals surface area contributed by atoms with Gasteiger partial charge in [-0.15, -0.1) is 0 Å². The van der Waals surface area contributed by atoms with Crippen molar-refractivity contribution in [3.8, 4) is 0 Å². The molecule has 1 aromatic rings. The van der Waals surface area contributed by atoms with Crippen molar-refractivity contribution in [3.05, 3.63) is 34.9 Å². The zero-order valence-electron chi connectivity index (χ0n) is 10.7. The first kappa shape index (κ1) is 14.2. The number of hydrogen-bond acceptors (Lipinski definition) is 1. The molecule has 0 aromatic heterocycles. The van der Waals surface area contributed by atoms with Crippen LogP contribution in [0.15, 0.2) is 18.2 Å². The average molecular weight is 298 g/mol. The molecule has 0 aliphatic rings. The molecule has 0 saturated carbocycles. The van der Waals surface area contributed by atoms with E-state index in [1.165, 1.54) is 11.1 Å². The molecule has 0 saturated heterocycles. The standard InChI is InChI=1S/C14H20BrNO/c1-4-13(9-15)16-14(17)8-12-7-10(2)5-6-11(12)3/h5-7,13H,4,8-9H2,1-3H3,(H,16,17). The van der Waals surface area contributed by atoms with Gasteiger partial charge in [0.15, 0.2) is 0 Å². The summed E-state index contributed by atoms with van der Waals surface area (Å²) in [6.07, 6.45) is 1.42. The van der Waals surface area contributed by atoms with Crippen molar-refractivity contribution in [3.63, 3.8) is 0 Å². The van der Waals surface area contributed by atoms with Crippen LogP contribution < -0.4 is 5.32 Å². The number of aryl methyl sites for hydroxylation is 2. The average Bonchev–Trinajstić information content (AvgIpc) is 2.31. The predicted octanol–water partition coefficient (Wildman–Crippen LogP) is 3.14. The first-order chi connectivity index (χ1) is 8.06. The number of alkyl halides is 1. The molecule has 0 bridgehead atoms. The first-order valence-electron chi connectivity index (χ1n) is 5.98. The van der Waals surface area contributed by atoms with Gasteiger partial charge in [-0.05, 0) is 31.4 Å². The number of benzene rings is 1. The van der Waals surface area contributed by atoms with Crippen LogP contribution in [0.2, 0.25) is 0 Å². The van der Waals surface area contributed by atoms with Crippen LogP contribution in [0.5, 0.6) is 0 Å². The highest BCUT2D eigenvalue weighted by Gasteiger charge is 2.10. The summed E-state index contributed by atoms with van der Waals surface area (Å²) >= 11 is 3.40. The van der Waals surface area contributed by atoms with Gasteiger partial charge in [-0.2, -0.15) is 0 Å². The Bertz CT molecular complexity index is 386. The van der Waals surface area contributed by atoms with Gasteiger partial charge in [-0.3, -0.25) is 4.79 Å². The number of halogens is 1. The van der Waals surface area contributed by atoms with Gasteiger partial charge < -0.3 is 5.32 Å². The Morgan fingerprint density at radius 1 is 1.41 bits per heavy atom. The van der Waals surface area contributed by atoms with Gasteiger partial charge in [0.2, 0.25) is 5.91 Å². The van der Waals surface area contributed by atoms with E-state index in [2.05, 4.69) is 46.4 Å². The minimum atomic E-state index is 0.102. The molecule has 1 rings (SSSR count). The van der Waals surface area contributed by atoms with Crippen LogP contribution in [0.3, 0.4) is 0 Å². The molecule has 17 heavy (non-hydrogen) atoms. The van der Waals surface area contributed by atoms with Crippen LogP contribution in [-0.4, -0.2) is 17.3 Å². The summed E-state index contributed by atoms with van der Waals surface area (Å²) in [5, 5.41) is 3.83. The Morgan fingerprint density at radius 3 is 2.71 bits per heavy atom. The molecule has 0 fully saturated rings. The number of nitrogens with one attached hydrogen (secondary N) is 1. The molecule has 1 N–H and O–H groups in total. The van der Waals surface area contributed by atoms with E-state index >= 15 is 0 Å². The van der Waals surface area contributed by atoms with Crippen molar-refractivity contribution < 1.29 is 4.79 Å². The molecule has 2 nitrogen and oxygen atoms in total. The topological polar surface area (TPSA) is 29.1 Å². The zero-order chi connectivity index (χ0) is 12.8. The van der Waals surface area contributed by atoms with E-state index in [0.717, 1.165) is 17.3 Å². The van der Waals surface area contributed by atoms with E-state index in [-0.39, 0.29) is 11.9 Å². The van der Waals surface area contributed by atoms with E-state index in [1.54, 1.807) is 0 Å².